The molecular weight excluding hydrogens is 534 g/mol. The lowest BCUT2D eigenvalue weighted by Gasteiger charge is -2.42. The fourth-order valence-corrected chi connectivity index (χ4v) is 5.59. The van der Waals surface area contributed by atoms with Gasteiger partial charge < -0.3 is 30.3 Å². The average molecular weight is 580 g/mol. The maximum Gasteiger partial charge on any atom is 0.409 e. The third-order valence-electron chi connectivity index (χ3n) is 8.23. The van der Waals surface area contributed by atoms with E-state index in [1.807, 2.05) is 50.2 Å². The summed E-state index contributed by atoms with van der Waals surface area (Å²) in [6.45, 7) is 7.48. The Morgan fingerprint density at radius 2 is 1.76 bits per heavy atom. The molecule has 0 aromatic heterocycles. The summed E-state index contributed by atoms with van der Waals surface area (Å²) >= 11 is 0. The molecule has 1 heterocycles. The lowest BCUT2D eigenvalue weighted by atomic mass is 9.88. The van der Waals surface area contributed by atoms with Crippen molar-refractivity contribution in [3.05, 3.63) is 65.2 Å². The highest BCUT2D eigenvalue weighted by Gasteiger charge is 2.38. The van der Waals surface area contributed by atoms with E-state index in [0.29, 0.717) is 26.2 Å². The van der Waals surface area contributed by atoms with Crippen LogP contribution < -0.4 is 20.7 Å². The molecule has 1 unspecified atom stereocenters. The van der Waals surface area contributed by atoms with Gasteiger partial charge in [-0.15, -0.1) is 0 Å². The zero-order valence-electron chi connectivity index (χ0n) is 25.4. The number of carbonyl (C=O) groups is 3. The average Bonchev–Trinajstić information content (AvgIpc) is 2.99. The largest absolute Gasteiger partial charge is 0.497 e. The molecule has 228 valence electrons. The molecule has 1 aliphatic carbocycles. The predicted molar refractivity (Wildman–Crippen MR) is 161 cm³/mol. The standard InChI is InChI=1S/C32H45N5O5/c1-21(2)29(35-30(38)22(3)33-4)31(39)37-18-17-36(19-23-13-15-25(41-5)16-14-23)20-28(37)42-32(40)34-27-12-8-10-24-9-6-7-11-26(24)27/h6-7,9,11,13-16,21-22,27-29,33H,8,10,12,17-20H2,1-5H3,(H,34,40)(H,35,38)/t22-,27?,28-,29-/m0/s1. The second-order valence-electron chi connectivity index (χ2n) is 11.5. The molecule has 0 saturated carbocycles. The van der Waals surface area contributed by atoms with Crippen molar-refractivity contribution in [1.82, 2.24) is 25.8 Å². The molecule has 10 nitrogen and oxygen atoms in total. The number of benzene rings is 2. The lowest BCUT2D eigenvalue weighted by Crippen LogP contribution is -2.62. The lowest BCUT2D eigenvalue weighted by molar-refractivity contribution is -0.153. The van der Waals surface area contributed by atoms with Gasteiger partial charge in [-0.2, -0.15) is 0 Å². The topological polar surface area (TPSA) is 112 Å². The van der Waals surface area contributed by atoms with Crippen LogP contribution in [0.1, 0.15) is 56.3 Å². The highest BCUT2D eigenvalue weighted by Crippen LogP contribution is 2.29. The summed E-state index contributed by atoms with van der Waals surface area (Å²) in [5.74, 6) is 0.113. The molecule has 3 N–H and O–H groups in total. The molecule has 42 heavy (non-hydrogen) atoms. The smallest absolute Gasteiger partial charge is 0.409 e. The number of alkyl carbamates (subject to hydrolysis) is 1. The van der Waals surface area contributed by atoms with Crippen molar-refractivity contribution < 1.29 is 23.9 Å². The van der Waals surface area contributed by atoms with Crippen LogP contribution in [0.15, 0.2) is 48.5 Å². The third kappa shape index (κ3) is 7.80. The molecule has 2 aromatic carbocycles. The second kappa shape index (κ2) is 14.5. The fourth-order valence-electron chi connectivity index (χ4n) is 5.59. The SMILES string of the molecule is CN[C@@H](C)C(=O)N[C@H](C(=O)N1CCN(Cc2ccc(OC)cc2)C[C@@H]1OC(=O)NC1CCCc2ccccc21)C(C)C. The van der Waals surface area contributed by atoms with Crippen molar-refractivity contribution in [2.45, 2.75) is 70.9 Å². The van der Waals surface area contributed by atoms with E-state index in [-0.39, 0.29) is 23.8 Å². The molecule has 1 saturated heterocycles. The van der Waals surface area contributed by atoms with Crippen LogP contribution in [0.3, 0.4) is 0 Å². The van der Waals surface area contributed by atoms with Gasteiger partial charge in [0.15, 0.2) is 6.23 Å². The Morgan fingerprint density at radius 1 is 1.02 bits per heavy atom. The molecular formula is C32H45N5O5. The van der Waals surface area contributed by atoms with Crippen molar-refractivity contribution in [3.8, 4) is 5.75 Å². The van der Waals surface area contributed by atoms with E-state index in [1.165, 1.54) is 5.56 Å². The number of methoxy groups -OCH3 is 1. The first kappa shape index (κ1) is 31.3. The van der Waals surface area contributed by atoms with Crippen LogP contribution in [0.2, 0.25) is 0 Å². The molecule has 4 atom stereocenters. The van der Waals surface area contributed by atoms with E-state index in [1.54, 1.807) is 26.0 Å². The molecule has 1 fully saturated rings. The Bertz CT molecular complexity index is 1220. The number of carbonyl (C=O) groups excluding carboxylic acids is 3. The maximum atomic E-state index is 13.9. The van der Waals surface area contributed by atoms with Gasteiger partial charge in [0, 0.05) is 19.6 Å². The molecule has 1 aliphatic heterocycles. The molecule has 0 spiro atoms. The summed E-state index contributed by atoms with van der Waals surface area (Å²) in [5, 5.41) is 8.87. The number of nitrogens with zero attached hydrogens (tertiary/aromatic N) is 2. The summed E-state index contributed by atoms with van der Waals surface area (Å²) in [4.78, 5) is 43.7. The summed E-state index contributed by atoms with van der Waals surface area (Å²) < 4.78 is 11.3. The minimum absolute atomic E-state index is 0.142. The van der Waals surface area contributed by atoms with E-state index >= 15 is 0 Å². The van der Waals surface area contributed by atoms with Crippen molar-refractivity contribution in [2.75, 3.05) is 33.8 Å². The number of aryl methyl sites for hydroxylation is 1. The van der Waals surface area contributed by atoms with Gasteiger partial charge in [-0.05, 0) is 68.0 Å². The minimum Gasteiger partial charge on any atom is -0.497 e. The minimum atomic E-state index is -0.816. The van der Waals surface area contributed by atoms with Gasteiger partial charge in [-0.3, -0.25) is 14.5 Å². The zero-order chi connectivity index (χ0) is 30.2. The predicted octanol–water partition coefficient (Wildman–Crippen LogP) is 3.22. The van der Waals surface area contributed by atoms with E-state index in [9.17, 15) is 14.4 Å². The van der Waals surface area contributed by atoms with Crippen molar-refractivity contribution in [1.29, 1.82) is 0 Å². The first-order valence-electron chi connectivity index (χ1n) is 14.9. The van der Waals surface area contributed by atoms with E-state index in [0.717, 1.165) is 36.1 Å². The quantitative estimate of drug-likeness (QED) is 0.396. The van der Waals surface area contributed by atoms with Gasteiger partial charge >= 0.3 is 6.09 Å². The number of nitrogens with one attached hydrogen (secondary N) is 3. The number of hydrogen-bond acceptors (Lipinski definition) is 7. The van der Waals surface area contributed by atoms with Crippen molar-refractivity contribution in [2.24, 2.45) is 5.92 Å². The third-order valence-corrected chi connectivity index (χ3v) is 8.23. The van der Waals surface area contributed by atoms with Gasteiger partial charge in [0.1, 0.15) is 11.8 Å². The van der Waals surface area contributed by atoms with Gasteiger partial charge in [0.2, 0.25) is 11.8 Å². The summed E-state index contributed by atoms with van der Waals surface area (Å²) in [7, 11) is 3.34. The fraction of sp³-hybridized carbons (Fsp3) is 0.531. The molecule has 0 radical (unpaired) electrons. The number of fused-ring (bicyclic) bond motifs is 1. The highest BCUT2D eigenvalue weighted by atomic mass is 16.6. The van der Waals surface area contributed by atoms with E-state index in [4.69, 9.17) is 9.47 Å². The normalized spacial score (nSPS) is 20.3. The second-order valence-corrected chi connectivity index (χ2v) is 11.5. The monoisotopic (exact) mass is 579 g/mol. The number of piperazine rings is 1. The number of rotatable bonds is 10. The highest BCUT2D eigenvalue weighted by molar-refractivity contribution is 5.90. The van der Waals surface area contributed by atoms with Crippen LogP contribution in [0.25, 0.3) is 0 Å². The summed E-state index contributed by atoms with van der Waals surface area (Å²) in [6.07, 6.45) is 1.42. The Balaban J connectivity index is 1.51. The number of ether oxygens (including phenoxy) is 2. The van der Waals surface area contributed by atoms with Gasteiger partial charge in [0.25, 0.3) is 0 Å². The molecule has 10 heteroatoms. The van der Waals surface area contributed by atoms with E-state index in [2.05, 4.69) is 33.0 Å². The molecule has 2 aliphatic rings. The van der Waals surface area contributed by atoms with Gasteiger partial charge in [0.05, 0.1) is 25.7 Å². The summed E-state index contributed by atoms with van der Waals surface area (Å²) in [5.41, 5.74) is 3.44. The van der Waals surface area contributed by atoms with Crippen molar-refractivity contribution >= 4 is 17.9 Å². The Kier molecular flexibility index (Phi) is 10.8. The molecule has 2 aromatic rings. The van der Waals surface area contributed by atoms with Crippen LogP contribution in [-0.4, -0.2) is 79.8 Å². The Labute approximate surface area is 249 Å². The van der Waals surface area contributed by atoms with Crippen LogP contribution in [-0.2, 0) is 27.3 Å². The first-order valence-corrected chi connectivity index (χ1v) is 14.9. The van der Waals surface area contributed by atoms with Crippen molar-refractivity contribution in [3.63, 3.8) is 0 Å². The first-order chi connectivity index (χ1) is 20.2. The maximum absolute atomic E-state index is 13.9. The van der Waals surface area contributed by atoms with Gasteiger partial charge in [-0.1, -0.05) is 50.2 Å². The van der Waals surface area contributed by atoms with Gasteiger partial charge in [-0.25, -0.2) is 4.79 Å². The van der Waals surface area contributed by atoms with E-state index < -0.39 is 24.4 Å². The number of amides is 3. The van der Waals surface area contributed by atoms with Crippen LogP contribution in [0, 0.1) is 5.92 Å². The van der Waals surface area contributed by atoms with Crippen LogP contribution in [0.4, 0.5) is 4.79 Å². The molecule has 0 bridgehead atoms. The number of hydrogen-bond donors (Lipinski definition) is 3. The Morgan fingerprint density at radius 3 is 2.45 bits per heavy atom. The van der Waals surface area contributed by atoms with Crippen LogP contribution in [0.5, 0.6) is 5.75 Å². The molecule has 3 amide bonds. The number of likely N-dealkylation sites (N-methyl/N-ethyl adjacent to an activating group) is 1. The van der Waals surface area contributed by atoms with Crippen LogP contribution >= 0.6 is 0 Å². The summed E-state index contributed by atoms with van der Waals surface area (Å²) in [6, 6.07) is 14.7. The molecule has 4 rings (SSSR count). The zero-order valence-corrected chi connectivity index (χ0v) is 25.4. The Hall–Kier alpha value is -3.63.